The quantitative estimate of drug-likeness (QED) is 0.819. The van der Waals surface area contributed by atoms with Crippen LogP contribution in [0.3, 0.4) is 0 Å². The maximum atomic E-state index is 13.1. The molecule has 0 aliphatic carbocycles. The summed E-state index contributed by atoms with van der Waals surface area (Å²) >= 11 is 0. The van der Waals surface area contributed by atoms with Crippen LogP contribution >= 0.6 is 12.4 Å². The van der Waals surface area contributed by atoms with Crippen molar-refractivity contribution in [1.29, 1.82) is 0 Å². The summed E-state index contributed by atoms with van der Waals surface area (Å²) in [4.78, 5) is 14.9. The van der Waals surface area contributed by atoms with E-state index in [9.17, 15) is 13.2 Å². The predicted octanol–water partition coefficient (Wildman–Crippen LogP) is 2.41. The molecule has 2 heterocycles. The second kappa shape index (κ2) is 8.90. The van der Waals surface area contributed by atoms with Crippen LogP contribution in [0.4, 0.5) is 0 Å². The van der Waals surface area contributed by atoms with Crippen molar-refractivity contribution in [2.75, 3.05) is 26.7 Å². The number of halogens is 1. The number of hydrogen-bond donors (Lipinski definition) is 1. The summed E-state index contributed by atoms with van der Waals surface area (Å²) in [5.74, 6) is -0.111. The second-order valence-corrected chi connectivity index (χ2v) is 9.39. The Balaban J connectivity index is 0.00000261. The summed E-state index contributed by atoms with van der Waals surface area (Å²) in [6, 6.07) is 5.09. The molecule has 2 fully saturated rings. The average Bonchev–Trinajstić information content (AvgIpc) is 3.15. The van der Waals surface area contributed by atoms with Crippen molar-refractivity contribution in [2.45, 2.75) is 56.5 Å². The van der Waals surface area contributed by atoms with E-state index in [1.165, 1.54) is 0 Å². The Labute approximate surface area is 168 Å². The van der Waals surface area contributed by atoms with Crippen LogP contribution in [0.5, 0.6) is 0 Å². The van der Waals surface area contributed by atoms with Gasteiger partial charge in [-0.15, -0.1) is 12.4 Å². The van der Waals surface area contributed by atoms with Gasteiger partial charge in [0, 0.05) is 37.8 Å². The molecule has 1 aromatic carbocycles. The van der Waals surface area contributed by atoms with Crippen LogP contribution in [0.25, 0.3) is 0 Å². The standard InChI is InChI=1S/C19H29N3O3S.ClH/c1-14-7-8-17(26(24,25)22-11-5-4-6-15(22)2)12-18(14)19(23)21(3)16-9-10-20-13-16;/h7-8,12,15-16,20H,4-6,9-11,13H2,1-3H3;1H. The minimum atomic E-state index is -3.58. The Morgan fingerprint density at radius 1 is 1.26 bits per heavy atom. The van der Waals surface area contributed by atoms with E-state index in [0.717, 1.165) is 44.3 Å². The third kappa shape index (κ3) is 4.47. The molecule has 3 rings (SSSR count). The number of benzene rings is 1. The van der Waals surface area contributed by atoms with Gasteiger partial charge in [0.25, 0.3) is 5.91 Å². The molecule has 6 nitrogen and oxygen atoms in total. The van der Waals surface area contributed by atoms with Crippen LogP contribution in [0.1, 0.15) is 48.5 Å². The number of nitrogens with one attached hydrogen (secondary N) is 1. The molecule has 1 amide bonds. The number of aryl methyl sites for hydroxylation is 1. The van der Waals surface area contributed by atoms with Gasteiger partial charge in [0.15, 0.2) is 0 Å². The summed E-state index contributed by atoms with van der Waals surface area (Å²) < 4.78 is 27.8. The zero-order valence-corrected chi connectivity index (χ0v) is 17.9. The SMILES string of the molecule is Cc1ccc(S(=O)(=O)N2CCCCC2C)cc1C(=O)N(C)C1CCNC1.Cl. The van der Waals surface area contributed by atoms with Crippen molar-refractivity contribution in [3.8, 4) is 0 Å². The predicted molar refractivity (Wildman–Crippen MR) is 109 cm³/mol. The highest BCUT2D eigenvalue weighted by Gasteiger charge is 2.32. The van der Waals surface area contributed by atoms with Crippen molar-refractivity contribution >= 4 is 28.3 Å². The van der Waals surface area contributed by atoms with Crippen molar-refractivity contribution in [3.05, 3.63) is 29.3 Å². The van der Waals surface area contributed by atoms with Gasteiger partial charge in [-0.1, -0.05) is 12.5 Å². The van der Waals surface area contributed by atoms with E-state index in [1.807, 2.05) is 13.8 Å². The molecule has 0 saturated carbocycles. The summed E-state index contributed by atoms with van der Waals surface area (Å²) in [6.07, 6.45) is 3.75. The molecule has 0 bridgehead atoms. The molecule has 2 saturated heterocycles. The number of hydrogen-bond acceptors (Lipinski definition) is 4. The van der Waals surface area contributed by atoms with Gasteiger partial charge in [-0.3, -0.25) is 4.79 Å². The van der Waals surface area contributed by atoms with Gasteiger partial charge in [-0.25, -0.2) is 8.42 Å². The van der Waals surface area contributed by atoms with Crippen molar-refractivity contribution < 1.29 is 13.2 Å². The van der Waals surface area contributed by atoms with Crippen LogP contribution in [-0.2, 0) is 10.0 Å². The Bertz CT molecular complexity index is 778. The molecule has 1 aromatic rings. The molecule has 0 spiro atoms. The number of piperidine rings is 1. The largest absolute Gasteiger partial charge is 0.337 e. The van der Waals surface area contributed by atoms with Crippen molar-refractivity contribution in [2.24, 2.45) is 0 Å². The molecule has 152 valence electrons. The average molecular weight is 416 g/mol. The molecule has 2 aliphatic rings. The lowest BCUT2D eigenvalue weighted by Gasteiger charge is -2.32. The van der Waals surface area contributed by atoms with Gasteiger partial charge >= 0.3 is 0 Å². The fraction of sp³-hybridized carbons (Fsp3) is 0.632. The topological polar surface area (TPSA) is 69.7 Å². The maximum Gasteiger partial charge on any atom is 0.254 e. The minimum absolute atomic E-state index is 0. The molecular formula is C19H30ClN3O3S. The highest BCUT2D eigenvalue weighted by Crippen LogP contribution is 2.27. The van der Waals surface area contributed by atoms with Crippen molar-refractivity contribution in [3.63, 3.8) is 0 Å². The monoisotopic (exact) mass is 415 g/mol. The summed E-state index contributed by atoms with van der Waals surface area (Å²) in [5.41, 5.74) is 1.28. The summed E-state index contributed by atoms with van der Waals surface area (Å²) in [6.45, 7) is 6.05. The highest BCUT2D eigenvalue weighted by molar-refractivity contribution is 7.89. The number of rotatable bonds is 4. The van der Waals surface area contributed by atoms with Crippen LogP contribution in [0, 0.1) is 6.92 Å². The van der Waals surface area contributed by atoms with E-state index >= 15 is 0 Å². The van der Waals surface area contributed by atoms with Crippen LogP contribution in [-0.4, -0.2) is 62.3 Å². The number of carbonyl (C=O) groups excluding carboxylic acids is 1. The first-order valence-corrected chi connectivity index (χ1v) is 10.9. The lowest BCUT2D eigenvalue weighted by atomic mass is 10.1. The Morgan fingerprint density at radius 2 is 2.00 bits per heavy atom. The van der Waals surface area contributed by atoms with Gasteiger partial charge in [-0.2, -0.15) is 4.31 Å². The molecule has 0 aromatic heterocycles. The Kier molecular flexibility index (Phi) is 7.30. The Hall–Kier alpha value is -1.15. The summed E-state index contributed by atoms with van der Waals surface area (Å²) in [7, 11) is -1.78. The van der Waals surface area contributed by atoms with E-state index in [2.05, 4.69) is 5.32 Å². The minimum Gasteiger partial charge on any atom is -0.337 e. The van der Waals surface area contributed by atoms with Gasteiger partial charge in [0.1, 0.15) is 0 Å². The molecule has 2 unspecified atom stereocenters. The highest BCUT2D eigenvalue weighted by atomic mass is 35.5. The number of amides is 1. The number of carbonyl (C=O) groups is 1. The number of likely N-dealkylation sites (N-methyl/N-ethyl adjacent to an activating group) is 1. The van der Waals surface area contributed by atoms with Gasteiger partial charge in [0.05, 0.1) is 4.90 Å². The van der Waals surface area contributed by atoms with E-state index in [4.69, 9.17) is 0 Å². The fourth-order valence-electron chi connectivity index (χ4n) is 3.88. The van der Waals surface area contributed by atoms with Gasteiger partial charge in [-0.05, 0) is 57.4 Å². The number of nitrogens with zero attached hydrogens (tertiary/aromatic N) is 2. The van der Waals surface area contributed by atoms with E-state index < -0.39 is 10.0 Å². The van der Waals surface area contributed by atoms with Crippen LogP contribution in [0.15, 0.2) is 23.1 Å². The fourth-order valence-corrected chi connectivity index (χ4v) is 5.61. The third-order valence-electron chi connectivity index (χ3n) is 5.69. The van der Waals surface area contributed by atoms with Crippen molar-refractivity contribution in [1.82, 2.24) is 14.5 Å². The molecule has 27 heavy (non-hydrogen) atoms. The third-order valence-corrected chi connectivity index (χ3v) is 7.70. The molecule has 2 atom stereocenters. The van der Waals surface area contributed by atoms with E-state index in [-0.39, 0.29) is 35.3 Å². The van der Waals surface area contributed by atoms with Crippen LogP contribution < -0.4 is 5.32 Å². The van der Waals surface area contributed by atoms with E-state index in [1.54, 1.807) is 34.5 Å². The van der Waals surface area contributed by atoms with Crippen LogP contribution in [0.2, 0.25) is 0 Å². The van der Waals surface area contributed by atoms with Gasteiger partial charge < -0.3 is 10.2 Å². The van der Waals surface area contributed by atoms with E-state index in [0.29, 0.717) is 12.1 Å². The second-order valence-electron chi connectivity index (χ2n) is 7.50. The normalized spacial score (nSPS) is 23.7. The number of sulfonamides is 1. The molecular weight excluding hydrogens is 386 g/mol. The smallest absolute Gasteiger partial charge is 0.254 e. The Morgan fingerprint density at radius 3 is 2.63 bits per heavy atom. The lowest BCUT2D eigenvalue weighted by Crippen LogP contribution is -2.42. The maximum absolute atomic E-state index is 13.1. The molecule has 8 heteroatoms. The molecule has 0 radical (unpaired) electrons. The van der Waals surface area contributed by atoms with Gasteiger partial charge in [0.2, 0.25) is 10.0 Å². The zero-order chi connectivity index (χ0) is 18.9. The molecule has 1 N–H and O–H groups in total. The first-order chi connectivity index (χ1) is 12.3. The summed E-state index contributed by atoms with van der Waals surface area (Å²) in [5, 5.41) is 3.26. The first kappa shape index (κ1) is 22.1. The lowest BCUT2D eigenvalue weighted by molar-refractivity contribution is 0.0743. The molecule has 2 aliphatic heterocycles. The zero-order valence-electron chi connectivity index (χ0n) is 16.3. The first-order valence-electron chi connectivity index (χ1n) is 9.42.